The lowest BCUT2D eigenvalue weighted by Gasteiger charge is -2.72. The van der Waals surface area contributed by atoms with Crippen LogP contribution in [0.15, 0.2) is 40.4 Å². The van der Waals surface area contributed by atoms with Crippen molar-refractivity contribution in [1.82, 2.24) is 5.48 Å². The number of carbonyl (C=O) groups excluding carboxylic acids is 1. The fourth-order valence-corrected chi connectivity index (χ4v) is 13.4. The molecule has 8 nitrogen and oxygen atoms in total. The van der Waals surface area contributed by atoms with Crippen molar-refractivity contribution in [2.45, 2.75) is 145 Å². The van der Waals surface area contributed by atoms with Crippen LogP contribution in [0.5, 0.6) is 0 Å². The van der Waals surface area contributed by atoms with Crippen molar-refractivity contribution in [1.29, 1.82) is 0 Å². The van der Waals surface area contributed by atoms with Gasteiger partial charge in [0.15, 0.2) is 12.1 Å². The maximum absolute atomic E-state index is 13.1. The van der Waals surface area contributed by atoms with Gasteiger partial charge in [-0.15, -0.1) is 0 Å². The number of ether oxygens (including phenoxy) is 1. The zero-order valence-electron chi connectivity index (χ0n) is 32.8. The van der Waals surface area contributed by atoms with Crippen LogP contribution in [-0.4, -0.2) is 46.4 Å². The first-order valence-corrected chi connectivity index (χ1v) is 20.2. The topological polar surface area (TPSA) is 117 Å². The first-order chi connectivity index (χ1) is 24.2. The lowest BCUT2D eigenvalue weighted by Crippen LogP contribution is -2.66. The van der Waals surface area contributed by atoms with Gasteiger partial charge in [-0.1, -0.05) is 65.6 Å². The van der Waals surface area contributed by atoms with Crippen LogP contribution in [0.25, 0.3) is 0 Å². The van der Waals surface area contributed by atoms with Gasteiger partial charge in [0.1, 0.15) is 6.10 Å². The van der Waals surface area contributed by atoms with Crippen LogP contribution in [0, 0.1) is 56.2 Å². The van der Waals surface area contributed by atoms with Crippen LogP contribution in [0.2, 0.25) is 5.02 Å². The van der Waals surface area contributed by atoms with Gasteiger partial charge in [-0.05, 0) is 141 Å². The van der Waals surface area contributed by atoms with Crippen molar-refractivity contribution in [3.8, 4) is 0 Å². The normalized spacial score (nSPS) is 41.0. The molecule has 9 heteroatoms. The van der Waals surface area contributed by atoms with Crippen LogP contribution < -0.4 is 5.48 Å². The average Bonchev–Trinajstić information content (AvgIpc) is 3.66. The molecule has 5 aliphatic carbocycles. The van der Waals surface area contributed by atoms with E-state index in [0.29, 0.717) is 35.0 Å². The highest BCUT2D eigenvalue weighted by Crippen LogP contribution is 2.77. The van der Waals surface area contributed by atoms with Gasteiger partial charge in [-0.3, -0.25) is 9.59 Å². The second-order valence-electron chi connectivity index (χ2n) is 19.8. The predicted molar refractivity (Wildman–Crippen MR) is 202 cm³/mol. The summed E-state index contributed by atoms with van der Waals surface area (Å²) >= 11 is 6.19. The lowest BCUT2D eigenvalue weighted by atomic mass is 9.33. The molecule has 1 heterocycles. The molecule has 7 rings (SSSR count). The molecule has 4 saturated carbocycles. The van der Waals surface area contributed by atoms with E-state index >= 15 is 0 Å². The van der Waals surface area contributed by atoms with Gasteiger partial charge in [0.25, 0.3) is 0 Å². The predicted octanol–water partition coefficient (Wildman–Crippen LogP) is 9.13. The number of esters is 1. The number of carbonyl (C=O) groups is 2. The smallest absolute Gasteiger partial charge is 0.309 e. The molecule has 6 aliphatic rings. The van der Waals surface area contributed by atoms with Crippen molar-refractivity contribution >= 4 is 29.4 Å². The fourth-order valence-electron chi connectivity index (χ4n) is 13.3. The van der Waals surface area contributed by atoms with Crippen LogP contribution in [0.3, 0.4) is 0 Å². The third kappa shape index (κ3) is 5.45. The van der Waals surface area contributed by atoms with E-state index in [4.69, 9.17) is 26.2 Å². The molecule has 0 aromatic heterocycles. The molecule has 1 aromatic carbocycles. The van der Waals surface area contributed by atoms with E-state index in [1.807, 2.05) is 24.3 Å². The summed E-state index contributed by atoms with van der Waals surface area (Å²) in [5, 5.41) is 22.2. The number of fused-ring (bicyclic) bond motifs is 7. The zero-order chi connectivity index (χ0) is 37.8. The summed E-state index contributed by atoms with van der Waals surface area (Å²) < 4.78 is 6.18. The average molecular weight is 737 g/mol. The molecular formula is C43H61ClN2O6. The maximum Gasteiger partial charge on any atom is 0.309 e. The minimum absolute atomic E-state index is 0.0392. The van der Waals surface area contributed by atoms with Crippen LogP contribution in [0.1, 0.15) is 132 Å². The molecule has 3 N–H and O–H groups in total. The van der Waals surface area contributed by atoms with Crippen molar-refractivity contribution in [2.24, 2.45) is 61.2 Å². The van der Waals surface area contributed by atoms with Crippen LogP contribution in [0.4, 0.5) is 0 Å². The number of hydrogen-bond acceptors (Lipinski definition) is 7. The third-order valence-electron chi connectivity index (χ3n) is 16.2. The number of aliphatic hydroxyl groups is 1. The standard InChI is InChI=1S/C43H61ClN2O6/c1-24(2)33-28(47)22-43(36-45-35(46-52-36)25-10-12-26(44)13-11-25)21-20-41(8)27(34(33)43)14-15-30-40(7)18-17-31(51-32(48)23-38(3,4)37(49)50)39(5,6)29(40)16-19-42(30,41)9/h10-13,24,27-31,36,47H,14-23H2,1-9H3,(H,45,46)(H,49,50)/t27-,28?,29?,30?,31+,36?,40+,41-,42-,43-/m1/s1. The van der Waals surface area contributed by atoms with Crippen molar-refractivity contribution in [3.63, 3.8) is 0 Å². The Hall–Kier alpha value is -2.42. The molecule has 52 heavy (non-hydrogen) atoms. The molecule has 286 valence electrons. The van der Waals surface area contributed by atoms with E-state index in [2.05, 4.69) is 53.9 Å². The van der Waals surface area contributed by atoms with Crippen LogP contribution >= 0.6 is 11.6 Å². The first-order valence-electron chi connectivity index (χ1n) is 19.8. The Balaban J connectivity index is 1.19. The molecule has 1 aliphatic heterocycles. The van der Waals surface area contributed by atoms with Crippen molar-refractivity contribution in [2.75, 3.05) is 0 Å². The number of benzene rings is 1. The molecule has 1 aromatic rings. The number of halogens is 1. The number of hydroxylamine groups is 1. The molecule has 4 unspecified atom stereocenters. The monoisotopic (exact) mass is 736 g/mol. The van der Waals surface area contributed by atoms with Gasteiger partial charge in [-0.2, -0.15) is 0 Å². The van der Waals surface area contributed by atoms with Gasteiger partial charge < -0.3 is 14.9 Å². The number of aliphatic imine (C=N–C) groups is 1. The van der Waals surface area contributed by atoms with E-state index in [9.17, 15) is 19.8 Å². The van der Waals surface area contributed by atoms with Crippen molar-refractivity contribution in [3.05, 3.63) is 46.0 Å². The molecule has 0 saturated heterocycles. The summed E-state index contributed by atoms with van der Waals surface area (Å²) in [6.45, 7) is 19.9. The van der Waals surface area contributed by atoms with Gasteiger partial charge in [0, 0.05) is 21.4 Å². The lowest BCUT2D eigenvalue weighted by molar-refractivity contribution is -0.236. The Bertz CT molecular complexity index is 1680. The third-order valence-corrected chi connectivity index (χ3v) is 16.4. The number of aliphatic carboxylic acids is 1. The molecule has 10 atom stereocenters. The Kier molecular flexibility index (Phi) is 9.15. The zero-order valence-corrected chi connectivity index (χ0v) is 33.5. The molecule has 0 spiro atoms. The number of nitrogens with one attached hydrogen (secondary N) is 1. The molecule has 0 radical (unpaired) electrons. The van der Waals surface area contributed by atoms with Gasteiger partial charge in [0.05, 0.1) is 17.9 Å². The number of carboxylic acids is 1. The van der Waals surface area contributed by atoms with Gasteiger partial charge in [0.2, 0.25) is 0 Å². The highest BCUT2D eigenvalue weighted by atomic mass is 35.5. The van der Waals surface area contributed by atoms with E-state index in [0.717, 1.165) is 56.9 Å². The Morgan fingerprint density at radius 3 is 2.33 bits per heavy atom. The van der Waals surface area contributed by atoms with E-state index < -0.39 is 29.7 Å². The molecular weight excluding hydrogens is 676 g/mol. The highest BCUT2D eigenvalue weighted by Gasteiger charge is 2.71. The van der Waals surface area contributed by atoms with Gasteiger partial charge in [-0.25, -0.2) is 15.3 Å². The fraction of sp³-hybridized carbons (Fsp3) is 0.744. The number of rotatable bonds is 7. The SMILES string of the molecule is CC(C)C1=C2[C@H]3CCC4[C@@]5(C)CC[C@H](OC(=O)CC(C)(C)C(=O)O)C(C)(C)C5CC[C@@]4(C)[C@]3(C)CC[C@@]2(C2N=C(c3ccc(Cl)cc3)NO2)CC1O. The number of carboxylic acid groups (broad SMARTS) is 1. The maximum atomic E-state index is 13.1. The number of nitrogens with zero attached hydrogens (tertiary/aromatic N) is 1. The quantitative estimate of drug-likeness (QED) is 0.189. The summed E-state index contributed by atoms with van der Waals surface area (Å²) in [4.78, 5) is 36.5. The minimum Gasteiger partial charge on any atom is -0.481 e. The van der Waals surface area contributed by atoms with Crippen LogP contribution in [-0.2, 0) is 19.2 Å². The Labute approximate surface area is 315 Å². The van der Waals surface area contributed by atoms with E-state index in [-0.39, 0.29) is 45.5 Å². The summed E-state index contributed by atoms with van der Waals surface area (Å²) in [6, 6.07) is 7.68. The highest BCUT2D eigenvalue weighted by molar-refractivity contribution is 6.30. The summed E-state index contributed by atoms with van der Waals surface area (Å²) in [7, 11) is 0. The van der Waals surface area contributed by atoms with E-state index in [1.54, 1.807) is 13.8 Å². The second-order valence-corrected chi connectivity index (χ2v) is 20.2. The molecule has 0 bridgehead atoms. The Morgan fingerprint density at radius 2 is 1.67 bits per heavy atom. The summed E-state index contributed by atoms with van der Waals surface area (Å²) in [6.07, 6.45) is 7.52. The first kappa shape index (κ1) is 37.9. The minimum atomic E-state index is -1.16. The largest absolute Gasteiger partial charge is 0.481 e. The van der Waals surface area contributed by atoms with E-state index in [1.165, 1.54) is 11.1 Å². The van der Waals surface area contributed by atoms with Crippen molar-refractivity contribution < 1.29 is 29.4 Å². The summed E-state index contributed by atoms with van der Waals surface area (Å²) in [5.74, 6) is 0.780. The number of aliphatic hydroxyl groups excluding tert-OH is 1. The second kappa shape index (κ2) is 12.6. The molecule has 4 fully saturated rings. The molecule has 0 amide bonds. The number of amidine groups is 1. The number of hydrogen-bond donors (Lipinski definition) is 3. The Morgan fingerprint density at radius 1 is 0.981 bits per heavy atom. The van der Waals surface area contributed by atoms with Gasteiger partial charge >= 0.3 is 11.9 Å². The summed E-state index contributed by atoms with van der Waals surface area (Å²) in [5.41, 5.74) is 5.21.